The van der Waals surface area contributed by atoms with Crippen LogP contribution in [0.5, 0.6) is 0 Å². The van der Waals surface area contributed by atoms with Crippen molar-refractivity contribution in [1.29, 1.82) is 0 Å². The Morgan fingerprint density at radius 2 is 1.88 bits per heavy atom. The molecule has 1 fully saturated rings. The number of aromatic nitrogens is 2. The fourth-order valence-electron chi connectivity index (χ4n) is 3.30. The Bertz CT molecular complexity index is 794. The van der Waals surface area contributed by atoms with E-state index in [0.717, 1.165) is 48.1 Å². The van der Waals surface area contributed by atoms with Gasteiger partial charge >= 0.3 is 6.18 Å². The summed E-state index contributed by atoms with van der Waals surface area (Å²) in [6.07, 6.45) is -1.31. The first-order valence-electron chi connectivity index (χ1n) is 8.46. The van der Waals surface area contributed by atoms with Crippen LogP contribution in [-0.2, 0) is 19.8 Å². The summed E-state index contributed by atoms with van der Waals surface area (Å²) in [5.74, 6) is -0.693. The van der Waals surface area contributed by atoms with Crippen LogP contribution < -0.4 is 4.90 Å². The van der Waals surface area contributed by atoms with E-state index >= 15 is 0 Å². The van der Waals surface area contributed by atoms with Crippen molar-refractivity contribution in [3.05, 3.63) is 47.3 Å². The third-order valence-electron chi connectivity index (χ3n) is 4.52. The third-order valence-corrected chi connectivity index (χ3v) is 4.52. The fraction of sp³-hybridized carbons (Fsp3) is 0.444. The molecule has 8 heteroatoms. The van der Waals surface area contributed by atoms with Gasteiger partial charge in [0.25, 0.3) is 5.91 Å². The Morgan fingerprint density at radius 3 is 2.54 bits per heavy atom. The van der Waals surface area contributed by atoms with Gasteiger partial charge in [0.15, 0.2) is 5.69 Å². The summed E-state index contributed by atoms with van der Waals surface area (Å²) >= 11 is 0. The molecule has 140 valence electrons. The molecule has 1 aromatic carbocycles. The van der Waals surface area contributed by atoms with Crippen molar-refractivity contribution in [1.82, 2.24) is 14.7 Å². The highest BCUT2D eigenvalue weighted by molar-refractivity contribution is 5.95. The van der Waals surface area contributed by atoms with Gasteiger partial charge in [-0.15, -0.1) is 0 Å². The van der Waals surface area contributed by atoms with E-state index in [1.165, 1.54) is 19.0 Å². The number of anilines is 1. The molecule has 0 unspecified atom stereocenters. The van der Waals surface area contributed by atoms with Crippen LogP contribution >= 0.6 is 0 Å². The number of alkyl halides is 3. The summed E-state index contributed by atoms with van der Waals surface area (Å²) in [4.78, 5) is 16.2. The maximum atomic E-state index is 13.1. The Kier molecular flexibility index (Phi) is 4.93. The number of para-hydroxylation sites is 1. The number of carbonyl (C=O) groups excluding carboxylic acids is 1. The summed E-state index contributed by atoms with van der Waals surface area (Å²) < 4.78 is 40.4. The molecule has 1 saturated heterocycles. The lowest BCUT2D eigenvalue weighted by Gasteiger charge is -2.24. The summed E-state index contributed by atoms with van der Waals surface area (Å²) in [5.41, 5.74) is 0.375. The Balaban J connectivity index is 1.83. The van der Waals surface area contributed by atoms with E-state index in [9.17, 15) is 18.0 Å². The number of nitrogens with zero attached hydrogens (tertiary/aromatic N) is 4. The molecular weight excluding hydrogens is 345 g/mol. The van der Waals surface area contributed by atoms with Crippen molar-refractivity contribution in [2.24, 2.45) is 7.05 Å². The van der Waals surface area contributed by atoms with Gasteiger partial charge in [0.05, 0.1) is 5.56 Å². The Labute approximate surface area is 150 Å². The largest absolute Gasteiger partial charge is 0.435 e. The summed E-state index contributed by atoms with van der Waals surface area (Å²) in [5, 5.41) is 3.41. The molecule has 1 aliphatic rings. The number of halogens is 3. The van der Waals surface area contributed by atoms with Crippen molar-refractivity contribution in [2.45, 2.75) is 25.6 Å². The highest BCUT2D eigenvalue weighted by Gasteiger charge is 2.39. The lowest BCUT2D eigenvalue weighted by Crippen LogP contribution is -2.29. The molecule has 5 nitrogen and oxygen atoms in total. The Hall–Kier alpha value is -2.51. The van der Waals surface area contributed by atoms with Crippen molar-refractivity contribution in [2.75, 3.05) is 25.0 Å². The van der Waals surface area contributed by atoms with Crippen molar-refractivity contribution < 1.29 is 18.0 Å². The second-order valence-corrected chi connectivity index (χ2v) is 6.55. The molecule has 2 heterocycles. The van der Waals surface area contributed by atoms with E-state index in [1.54, 1.807) is 0 Å². The molecule has 0 N–H and O–H groups in total. The third kappa shape index (κ3) is 3.68. The molecular formula is C18H21F3N4O. The minimum absolute atomic E-state index is 0.234. The summed E-state index contributed by atoms with van der Waals surface area (Å²) in [7, 11) is 2.88. The molecule has 0 radical (unpaired) electrons. The van der Waals surface area contributed by atoms with Crippen LogP contribution in [0.2, 0.25) is 0 Å². The molecule has 1 amide bonds. The standard InChI is InChI=1S/C18H21F3N4O/c1-23(17(26)14-12-24(2)22-16(14)18(19,20)21)11-13-7-3-4-8-15(13)25-9-5-6-10-25/h3-4,7-8,12H,5-6,9-11H2,1-2H3. The lowest BCUT2D eigenvalue weighted by molar-refractivity contribution is -0.141. The zero-order valence-electron chi connectivity index (χ0n) is 14.8. The van der Waals surface area contributed by atoms with Gasteiger partial charge in [0, 0.05) is 45.6 Å². The molecule has 0 atom stereocenters. The normalized spacial score (nSPS) is 14.7. The number of aryl methyl sites for hydroxylation is 1. The molecule has 0 aliphatic carbocycles. The number of hydrogen-bond donors (Lipinski definition) is 0. The van der Waals surface area contributed by atoms with Crippen LogP contribution in [0.3, 0.4) is 0 Å². The number of benzene rings is 1. The molecule has 3 rings (SSSR count). The maximum Gasteiger partial charge on any atom is 0.435 e. The number of rotatable bonds is 4. The summed E-state index contributed by atoms with van der Waals surface area (Å²) in [6, 6.07) is 7.70. The Morgan fingerprint density at radius 1 is 1.23 bits per heavy atom. The van der Waals surface area contributed by atoms with Crippen LogP contribution in [0.1, 0.15) is 34.5 Å². The van der Waals surface area contributed by atoms with Gasteiger partial charge in [0.2, 0.25) is 0 Å². The van der Waals surface area contributed by atoms with Crippen molar-refractivity contribution in [3.8, 4) is 0 Å². The lowest BCUT2D eigenvalue weighted by atomic mass is 10.1. The van der Waals surface area contributed by atoms with Crippen LogP contribution in [0.25, 0.3) is 0 Å². The molecule has 1 aliphatic heterocycles. The smallest absolute Gasteiger partial charge is 0.371 e. The van der Waals surface area contributed by atoms with E-state index < -0.39 is 23.3 Å². The molecule has 2 aromatic rings. The van der Waals surface area contributed by atoms with Crippen molar-refractivity contribution >= 4 is 11.6 Å². The van der Waals surface area contributed by atoms with Crippen molar-refractivity contribution in [3.63, 3.8) is 0 Å². The fourth-order valence-corrected chi connectivity index (χ4v) is 3.30. The molecule has 0 spiro atoms. The van der Waals surface area contributed by atoms with Gasteiger partial charge in [-0.25, -0.2) is 0 Å². The van der Waals surface area contributed by atoms with Gasteiger partial charge in [0.1, 0.15) is 0 Å². The molecule has 0 bridgehead atoms. The SMILES string of the molecule is CN(Cc1ccccc1N1CCCC1)C(=O)c1cn(C)nc1C(F)(F)F. The average Bonchev–Trinajstić information content (AvgIpc) is 3.23. The van der Waals surface area contributed by atoms with Gasteiger partial charge in [-0.2, -0.15) is 18.3 Å². The minimum Gasteiger partial charge on any atom is -0.371 e. The minimum atomic E-state index is -4.67. The van der Waals surface area contributed by atoms with Gasteiger partial charge in [-0.1, -0.05) is 18.2 Å². The molecule has 0 saturated carbocycles. The van der Waals surface area contributed by atoms with Crippen LogP contribution in [-0.4, -0.2) is 40.7 Å². The second kappa shape index (κ2) is 7.01. The second-order valence-electron chi connectivity index (χ2n) is 6.55. The highest BCUT2D eigenvalue weighted by atomic mass is 19.4. The maximum absolute atomic E-state index is 13.1. The van der Waals surface area contributed by atoms with Gasteiger partial charge < -0.3 is 9.80 Å². The van der Waals surface area contributed by atoms with E-state index in [1.807, 2.05) is 24.3 Å². The number of amides is 1. The first kappa shape index (κ1) is 18.3. The highest BCUT2D eigenvalue weighted by Crippen LogP contribution is 2.31. The van der Waals surface area contributed by atoms with Crippen LogP contribution in [0.15, 0.2) is 30.5 Å². The monoisotopic (exact) mass is 366 g/mol. The number of hydrogen-bond acceptors (Lipinski definition) is 3. The van der Waals surface area contributed by atoms with Gasteiger partial charge in [-0.05, 0) is 24.5 Å². The van der Waals surface area contributed by atoms with E-state index in [2.05, 4.69) is 10.00 Å². The van der Waals surface area contributed by atoms with E-state index in [-0.39, 0.29) is 6.54 Å². The first-order chi connectivity index (χ1) is 12.3. The average molecular weight is 366 g/mol. The zero-order chi connectivity index (χ0) is 18.9. The molecule has 26 heavy (non-hydrogen) atoms. The van der Waals surface area contributed by atoms with E-state index in [0.29, 0.717) is 0 Å². The topological polar surface area (TPSA) is 41.4 Å². The zero-order valence-corrected chi connectivity index (χ0v) is 14.8. The first-order valence-corrected chi connectivity index (χ1v) is 8.46. The number of carbonyl (C=O) groups is 1. The predicted molar refractivity (Wildman–Crippen MR) is 91.9 cm³/mol. The quantitative estimate of drug-likeness (QED) is 0.834. The van der Waals surface area contributed by atoms with Crippen LogP contribution in [0, 0.1) is 0 Å². The predicted octanol–water partition coefficient (Wildman–Crippen LogP) is 3.31. The van der Waals surface area contributed by atoms with E-state index in [4.69, 9.17) is 0 Å². The molecule has 1 aromatic heterocycles. The van der Waals surface area contributed by atoms with Crippen LogP contribution in [0.4, 0.5) is 18.9 Å². The van der Waals surface area contributed by atoms with Gasteiger partial charge in [-0.3, -0.25) is 9.48 Å². The summed E-state index contributed by atoms with van der Waals surface area (Å²) in [6.45, 7) is 2.14.